The Morgan fingerprint density at radius 3 is 2.47 bits per heavy atom. The Hall–Kier alpha value is -3.59. The molecule has 3 rings (SSSR count). The molecule has 30 heavy (non-hydrogen) atoms. The molecular weight excluding hydrogens is 395 g/mol. The zero-order chi connectivity index (χ0) is 22.0. The monoisotopic (exact) mass is 414 g/mol. The summed E-state index contributed by atoms with van der Waals surface area (Å²) >= 11 is 0. The van der Waals surface area contributed by atoms with E-state index in [1.54, 1.807) is 6.92 Å². The van der Waals surface area contributed by atoms with Gasteiger partial charge in [0.1, 0.15) is 11.6 Å². The number of rotatable bonds is 6. The van der Waals surface area contributed by atoms with Crippen LogP contribution in [0.4, 0.5) is 10.1 Å². The molecule has 0 bridgehead atoms. The number of non-ortho nitro benzene ring substituents is 1. The minimum absolute atomic E-state index is 0.0507. The van der Waals surface area contributed by atoms with Crippen molar-refractivity contribution in [1.29, 1.82) is 0 Å². The van der Waals surface area contributed by atoms with Crippen molar-refractivity contribution >= 4 is 23.1 Å². The quantitative estimate of drug-likeness (QED) is 0.256. The van der Waals surface area contributed by atoms with Crippen LogP contribution in [-0.4, -0.2) is 46.9 Å². The Bertz CT molecular complexity index is 1050. The first-order chi connectivity index (χ1) is 14.3. The Morgan fingerprint density at radius 2 is 1.90 bits per heavy atom. The van der Waals surface area contributed by atoms with Gasteiger partial charge in [-0.2, -0.15) is 0 Å². The van der Waals surface area contributed by atoms with Gasteiger partial charge in [-0.25, -0.2) is 4.39 Å². The van der Waals surface area contributed by atoms with Gasteiger partial charge in [0.2, 0.25) is 0 Å². The molecule has 1 atom stereocenters. The molecule has 0 radical (unpaired) electrons. The average molecular weight is 414 g/mol. The number of halogens is 1. The number of amides is 1. The first-order valence-corrected chi connectivity index (χ1v) is 9.04. The molecule has 2 aromatic carbocycles. The largest absolute Gasteiger partial charge is 0.507 e. The van der Waals surface area contributed by atoms with Gasteiger partial charge in [-0.15, -0.1) is 0 Å². The predicted octanol–water partition coefficient (Wildman–Crippen LogP) is 3.11. The van der Waals surface area contributed by atoms with Crippen molar-refractivity contribution in [3.63, 3.8) is 0 Å². The molecule has 2 aromatic rings. The zero-order valence-electron chi connectivity index (χ0n) is 16.3. The summed E-state index contributed by atoms with van der Waals surface area (Å²) in [4.78, 5) is 37.0. The number of ether oxygens (including phenoxy) is 1. The molecular formula is C21H19FN2O6. The smallest absolute Gasteiger partial charge is 0.295 e. The van der Waals surface area contributed by atoms with Gasteiger partial charge < -0.3 is 14.7 Å². The highest BCUT2D eigenvalue weighted by Gasteiger charge is 2.46. The molecule has 1 saturated heterocycles. The third-order valence-electron chi connectivity index (χ3n) is 4.94. The topological polar surface area (TPSA) is 110 Å². The second-order valence-electron chi connectivity index (χ2n) is 6.80. The molecule has 1 aliphatic heterocycles. The number of aryl methyl sites for hydroxylation is 1. The van der Waals surface area contributed by atoms with Gasteiger partial charge in [-0.1, -0.05) is 12.1 Å². The molecule has 1 fully saturated rings. The molecule has 9 heteroatoms. The lowest BCUT2D eigenvalue weighted by molar-refractivity contribution is -0.384. The lowest BCUT2D eigenvalue weighted by Crippen LogP contribution is -2.32. The van der Waals surface area contributed by atoms with E-state index in [1.165, 1.54) is 48.4 Å². The number of methoxy groups -OCH3 is 1. The predicted molar refractivity (Wildman–Crippen MR) is 105 cm³/mol. The normalized spacial score (nSPS) is 18.1. The van der Waals surface area contributed by atoms with Gasteiger partial charge in [0.15, 0.2) is 0 Å². The van der Waals surface area contributed by atoms with Crippen molar-refractivity contribution in [3.05, 3.63) is 80.7 Å². The van der Waals surface area contributed by atoms with Crippen molar-refractivity contribution in [2.45, 2.75) is 13.0 Å². The number of nitro benzene ring substituents is 1. The highest BCUT2D eigenvalue weighted by Crippen LogP contribution is 2.39. The average Bonchev–Trinajstić information content (AvgIpc) is 2.98. The Morgan fingerprint density at radius 1 is 1.23 bits per heavy atom. The summed E-state index contributed by atoms with van der Waals surface area (Å²) in [6.45, 7) is 1.75. The molecule has 1 heterocycles. The number of aliphatic hydroxyl groups is 1. The number of carbonyl (C=O) groups is 2. The van der Waals surface area contributed by atoms with Crippen molar-refractivity contribution in [2.75, 3.05) is 20.3 Å². The fraction of sp³-hybridized carbons (Fsp3) is 0.238. The zero-order valence-corrected chi connectivity index (χ0v) is 16.3. The maximum absolute atomic E-state index is 14.0. The lowest BCUT2D eigenvalue weighted by atomic mass is 9.95. The number of Topliss-reactive ketones (excluding diaryl/α,β-unsaturated/α-hetero) is 1. The maximum atomic E-state index is 14.0. The van der Waals surface area contributed by atoms with Gasteiger partial charge in [0, 0.05) is 31.4 Å². The highest BCUT2D eigenvalue weighted by atomic mass is 19.1. The summed E-state index contributed by atoms with van der Waals surface area (Å²) in [5, 5.41) is 21.8. The van der Waals surface area contributed by atoms with E-state index in [0.717, 1.165) is 6.07 Å². The lowest BCUT2D eigenvalue weighted by Gasteiger charge is -2.25. The molecule has 1 N–H and O–H groups in total. The van der Waals surface area contributed by atoms with E-state index in [4.69, 9.17) is 4.74 Å². The third kappa shape index (κ3) is 3.79. The molecule has 8 nitrogen and oxygen atoms in total. The van der Waals surface area contributed by atoms with E-state index in [1.807, 2.05) is 0 Å². The molecule has 1 aliphatic rings. The number of ketones is 1. The van der Waals surface area contributed by atoms with Gasteiger partial charge in [-0.3, -0.25) is 19.7 Å². The minimum Gasteiger partial charge on any atom is -0.507 e. The maximum Gasteiger partial charge on any atom is 0.295 e. The highest BCUT2D eigenvalue weighted by molar-refractivity contribution is 6.46. The minimum atomic E-state index is -0.995. The van der Waals surface area contributed by atoms with Gasteiger partial charge in [-0.05, 0) is 36.2 Å². The summed E-state index contributed by atoms with van der Waals surface area (Å²) in [6.07, 6.45) is 0. The Balaban J connectivity index is 2.16. The summed E-state index contributed by atoms with van der Waals surface area (Å²) in [6, 6.07) is 8.31. The molecule has 0 saturated carbocycles. The molecule has 1 unspecified atom stereocenters. The van der Waals surface area contributed by atoms with E-state index >= 15 is 0 Å². The molecule has 0 aliphatic carbocycles. The van der Waals surface area contributed by atoms with E-state index in [2.05, 4.69) is 0 Å². The summed E-state index contributed by atoms with van der Waals surface area (Å²) < 4.78 is 19.0. The van der Waals surface area contributed by atoms with Crippen molar-refractivity contribution < 1.29 is 28.7 Å². The van der Waals surface area contributed by atoms with Crippen molar-refractivity contribution in [1.82, 2.24) is 4.90 Å². The Kier molecular flexibility index (Phi) is 5.93. The number of aliphatic hydroxyl groups excluding tert-OH is 1. The van der Waals surface area contributed by atoms with Crippen LogP contribution in [0.3, 0.4) is 0 Å². The van der Waals surface area contributed by atoms with Crippen molar-refractivity contribution in [2.24, 2.45) is 0 Å². The van der Waals surface area contributed by atoms with Crippen LogP contribution < -0.4 is 0 Å². The number of hydrogen-bond donors (Lipinski definition) is 1. The number of nitro groups is 1. The van der Waals surface area contributed by atoms with Crippen LogP contribution in [0.2, 0.25) is 0 Å². The number of hydrogen-bond acceptors (Lipinski definition) is 6. The fourth-order valence-electron chi connectivity index (χ4n) is 3.32. The van der Waals surface area contributed by atoms with E-state index in [0.29, 0.717) is 11.1 Å². The molecule has 0 aromatic heterocycles. The van der Waals surface area contributed by atoms with Crippen LogP contribution >= 0.6 is 0 Å². The van der Waals surface area contributed by atoms with E-state index in [-0.39, 0.29) is 30.0 Å². The second kappa shape index (κ2) is 8.42. The first-order valence-electron chi connectivity index (χ1n) is 9.04. The number of benzene rings is 2. The Labute approximate surface area is 171 Å². The van der Waals surface area contributed by atoms with Crippen LogP contribution in [0, 0.1) is 22.9 Å². The fourth-order valence-corrected chi connectivity index (χ4v) is 3.32. The third-order valence-corrected chi connectivity index (χ3v) is 4.94. The van der Waals surface area contributed by atoms with Gasteiger partial charge in [0.05, 0.1) is 23.1 Å². The van der Waals surface area contributed by atoms with Crippen molar-refractivity contribution in [3.8, 4) is 0 Å². The van der Waals surface area contributed by atoms with Crippen LogP contribution in [0.25, 0.3) is 5.76 Å². The van der Waals surface area contributed by atoms with E-state index < -0.39 is 34.2 Å². The number of carbonyl (C=O) groups excluding carboxylic acids is 2. The SMILES string of the molecule is COCCN1C(=O)C(=O)/C(=C(/O)c2ccc(C)c(F)c2)C1c1ccc([N+](=O)[O-])cc1. The first kappa shape index (κ1) is 21.1. The van der Waals surface area contributed by atoms with Crippen LogP contribution in [-0.2, 0) is 14.3 Å². The van der Waals surface area contributed by atoms with Gasteiger partial charge in [0.25, 0.3) is 17.4 Å². The van der Waals surface area contributed by atoms with Gasteiger partial charge >= 0.3 is 0 Å². The number of likely N-dealkylation sites (tertiary alicyclic amines) is 1. The summed E-state index contributed by atoms with van der Waals surface area (Å²) in [5.74, 6) is -2.85. The molecule has 156 valence electrons. The standard InChI is InChI=1S/C21H19FN2O6/c1-12-3-4-14(11-16(12)22)19(25)17-18(13-5-7-15(8-6-13)24(28)29)23(9-10-30-2)21(27)20(17)26/h3-8,11,18,25H,9-10H2,1-2H3/b19-17+. The second-order valence-corrected chi connectivity index (χ2v) is 6.80. The summed E-state index contributed by atoms with van der Waals surface area (Å²) in [5.41, 5.74) is 0.431. The number of nitrogens with zero attached hydrogens (tertiary/aromatic N) is 2. The van der Waals surface area contributed by atoms with E-state index in [9.17, 15) is 29.2 Å². The molecule has 1 amide bonds. The van der Waals surface area contributed by atoms with Crippen LogP contribution in [0.1, 0.15) is 22.7 Å². The summed E-state index contributed by atoms with van der Waals surface area (Å²) in [7, 11) is 1.44. The van der Waals surface area contributed by atoms with Crippen LogP contribution in [0.5, 0.6) is 0 Å². The molecule has 0 spiro atoms. The van der Waals surface area contributed by atoms with Crippen LogP contribution in [0.15, 0.2) is 48.0 Å².